The number of carbonyl (C=O) groups excluding carboxylic acids is 2. The van der Waals surface area contributed by atoms with Crippen molar-refractivity contribution in [1.82, 2.24) is 5.32 Å². The minimum absolute atomic E-state index is 0.0478. The van der Waals surface area contributed by atoms with Crippen LogP contribution >= 0.6 is 11.8 Å². The molecule has 2 aromatic rings. The van der Waals surface area contributed by atoms with Gasteiger partial charge in [-0.25, -0.2) is 4.79 Å². The zero-order valence-corrected chi connectivity index (χ0v) is 16.5. The van der Waals surface area contributed by atoms with E-state index in [4.69, 9.17) is 5.11 Å². The molecule has 0 aliphatic carbocycles. The summed E-state index contributed by atoms with van der Waals surface area (Å²) >= 11 is 1.13. The summed E-state index contributed by atoms with van der Waals surface area (Å²) in [5.74, 6) is -1.72. The maximum Gasteiger partial charge on any atom is 0.335 e. The van der Waals surface area contributed by atoms with Crippen LogP contribution in [0.15, 0.2) is 70.9 Å². The van der Waals surface area contributed by atoms with Gasteiger partial charge in [-0.15, -0.1) is 5.10 Å². The summed E-state index contributed by atoms with van der Waals surface area (Å²) in [7, 11) is 0. The molecule has 0 saturated carbocycles. The van der Waals surface area contributed by atoms with Crippen LogP contribution in [-0.4, -0.2) is 39.5 Å². The third kappa shape index (κ3) is 6.14. The number of carbonyl (C=O) groups is 3. The number of amidine groups is 1. The Bertz CT molecular complexity index is 1020. The maximum absolute atomic E-state index is 12.2. The van der Waals surface area contributed by atoms with Crippen LogP contribution in [0.4, 0.5) is 5.69 Å². The minimum atomic E-state index is -1.04. The molecular formula is C21H18N4O4S. The third-order valence-electron chi connectivity index (χ3n) is 3.95. The van der Waals surface area contributed by atoms with Gasteiger partial charge in [-0.05, 0) is 35.9 Å². The number of carboxylic acids is 1. The molecule has 0 spiro atoms. The van der Waals surface area contributed by atoms with E-state index in [9.17, 15) is 14.4 Å². The van der Waals surface area contributed by atoms with Crippen LogP contribution in [0.25, 0.3) is 6.08 Å². The fraction of sp³-hybridized carbons (Fsp3) is 0.0952. The molecule has 0 aromatic heterocycles. The minimum Gasteiger partial charge on any atom is -0.478 e. The Hall–Kier alpha value is -3.72. The molecule has 1 saturated heterocycles. The number of allylic oxidation sites excluding steroid dienone is 1. The number of amides is 2. The van der Waals surface area contributed by atoms with Gasteiger partial charge in [0.1, 0.15) is 5.25 Å². The number of rotatable bonds is 7. The Morgan fingerprint density at radius 1 is 1.13 bits per heavy atom. The van der Waals surface area contributed by atoms with Crippen molar-refractivity contribution < 1.29 is 19.5 Å². The molecule has 0 radical (unpaired) electrons. The zero-order valence-electron chi connectivity index (χ0n) is 15.7. The summed E-state index contributed by atoms with van der Waals surface area (Å²) in [5, 5.41) is 21.7. The quantitative estimate of drug-likeness (QED) is 0.468. The average molecular weight is 422 g/mol. The maximum atomic E-state index is 12.2. The SMILES string of the molecule is O=C(CC1SC(=NN=CC=Cc2ccccc2)NC1=O)Nc1ccc(C(=O)O)cc1. The Morgan fingerprint density at radius 2 is 1.87 bits per heavy atom. The molecule has 3 rings (SSSR count). The highest BCUT2D eigenvalue weighted by molar-refractivity contribution is 8.15. The van der Waals surface area contributed by atoms with E-state index in [-0.39, 0.29) is 23.8 Å². The molecule has 1 atom stereocenters. The fourth-order valence-electron chi connectivity index (χ4n) is 2.51. The molecule has 2 aromatic carbocycles. The number of nitrogens with zero attached hydrogens (tertiary/aromatic N) is 2. The lowest BCUT2D eigenvalue weighted by atomic mass is 10.2. The van der Waals surface area contributed by atoms with E-state index in [0.29, 0.717) is 10.9 Å². The van der Waals surface area contributed by atoms with Crippen molar-refractivity contribution in [2.75, 3.05) is 5.32 Å². The monoisotopic (exact) mass is 422 g/mol. The molecule has 1 fully saturated rings. The second-order valence-electron chi connectivity index (χ2n) is 6.17. The normalized spacial score (nSPS) is 17.5. The summed E-state index contributed by atoms with van der Waals surface area (Å²) < 4.78 is 0. The topological polar surface area (TPSA) is 120 Å². The van der Waals surface area contributed by atoms with Gasteiger partial charge in [0.2, 0.25) is 11.8 Å². The number of benzene rings is 2. The predicted octanol–water partition coefficient (Wildman–Crippen LogP) is 3.00. The first-order chi connectivity index (χ1) is 14.5. The second-order valence-corrected chi connectivity index (χ2v) is 7.36. The van der Waals surface area contributed by atoms with Crippen LogP contribution in [0.3, 0.4) is 0 Å². The summed E-state index contributed by atoms with van der Waals surface area (Å²) in [6.07, 6.45) is 5.07. The van der Waals surface area contributed by atoms with Crippen molar-refractivity contribution >= 4 is 52.7 Å². The first kappa shape index (κ1) is 21.0. The predicted molar refractivity (Wildman–Crippen MR) is 118 cm³/mol. The van der Waals surface area contributed by atoms with Gasteiger partial charge in [-0.2, -0.15) is 5.10 Å². The van der Waals surface area contributed by atoms with Gasteiger partial charge in [0, 0.05) is 18.3 Å². The summed E-state index contributed by atoms with van der Waals surface area (Å²) in [6.45, 7) is 0. The van der Waals surface area contributed by atoms with Crippen molar-refractivity contribution in [3.63, 3.8) is 0 Å². The van der Waals surface area contributed by atoms with Crippen LogP contribution < -0.4 is 10.6 Å². The summed E-state index contributed by atoms with van der Waals surface area (Å²) in [4.78, 5) is 35.1. The molecule has 8 nitrogen and oxygen atoms in total. The Kier molecular flexibility index (Phi) is 7.12. The van der Waals surface area contributed by atoms with Crippen molar-refractivity contribution in [1.29, 1.82) is 0 Å². The molecule has 1 aliphatic heterocycles. The molecule has 1 heterocycles. The first-order valence-corrected chi connectivity index (χ1v) is 9.83. The van der Waals surface area contributed by atoms with E-state index < -0.39 is 11.2 Å². The molecule has 3 N–H and O–H groups in total. The number of carboxylic acid groups (broad SMARTS) is 1. The van der Waals surface area contributed by atoms with E-state index in [1.165, 1.54) is 30.5 Å². The molecule has 9 heteroatoms. The van der Waals surface area contributed by atoms with Crippen LogP contribution in [0.1, 0.15) is 22.3 Å². The largest absolute Gasteiger partial charge is 0.478 e. The molecule has 30 heavy (non-hydrogen) atoms. The Balaban J connectivity index is 1.49. The lowest BCUT2D eigenvalue weighted by Gasteiger charge is -2.07. The van der Waals surface area contributed by atoms with Crippen molar-refractivity contribution in [2.45, 2.75) is 11.7 Å². The number of nitrogens with one attached hydrogen (secondary N) is 2. The van der Waals surface area contributed by atoms with E-state index in [0.717, 1.165) is 17.3 Å². The van der Waals surface area contributed by atoms with Crippen LogP contribution in [0, 0.1) is 0 Å². The lowest BCUT2D eigenvalue weighted by Crippen LogP contribution is -2.28. The molecule has 0 bridgehead atoms. The zero-order chi connectivity index (χ0) is 21.3. The number of hydrogen-bond acceptors (Lipinski definition) is 6. The molecule has 1 aliphatic rings. The lowest BCUT2D eigenvalue weighted by molar-refractivity contribution is -0.122. The second kappa shape index (κ2) is 10.2. The average Bonchev–Trinajstić information content (AvgIpc) is 3.08. The third-order valence-corrected chi connectivity index (χ3v) is 5.02. The summed E-state index contributed by atoms with van der Waals surface area (Å²) in [6, 6.07) is 15.5. The standard InChI is InChI=1S/C21H18N4O4S/c26-18(23-16-10-8-15(9-11-16)20(28)29)13-17-19(27)24-21(30-17)25-22-12-4-7-14-5-2-1-3-6-14/h1-12,17H,13H2,(H,23,26)(H,28,29)(H,24,25,27). The number of anilines is 1. The molecule has 1 unspecified atom stereocenters. The highest BCUT2D eigenvalue weighted by Crippen LogP contribution is 2.23. The van der Waals surface area contributed by atoms with Crippen LogP contribution in [0.2, 0.25) is 0 Å². The van der Waals surface area contributed by atoms with Crippen LogP contribution in [0.5, 0.6) is 0 Å². The highest BCUT2D eigenvalue weighted by Gasteiger charge is 2.32. The van der Waals surface area contributed by atoms with Gasteiger partial charge in [-0.1, -0.05) is 48.2 Å². The van der Waals surface area contributed by atoms with Gasteiger partial charge in [-0.3, -0.25) is 9.59 Å². The van der Waals surface area contributed by atoms with Crippen molar-refractivity contribution in [3.05, 3.63) is 71.8 Å². The van der Waals surface area contributed by atoms with Crippen molar-refractivity contribution in [2.24, 2.45) is 10.2 Å². The first-order valence-electron chi connectivity index (χ1n) is 8.95. The van der Waals surface area contributed by atoms with Crippen LogP contribution in [-0.2, 0) is 9.59 Å². The van der Waals surface area contributed by atoms with E-state index in [2.05, 4.69) is 20.8 Å². The molecule has 2 amide bonds. The fourth-order valence-corrected chi connectivity index (χ4v) is 3.43. The van der Waals surface area contributed by atoms with E-state index in [1.54, 1.807) is 6.08 Å². The van der Waals surface area contributed by atoms with E-state index >= 15 is 0 Å². The highest BCUT2D eigenvalue weighted by atomic mass is 32.2. The van der Waals surface area contributed by atoms with Gasteiger partial charge < -0.3 is 15.7 Å². The van der Waals surface area contributed by atoms with Gasteiger partial charge in [0.15, 0.2) is 5.17 Å². The smallest absolute Gasteiger partial charge is 0.335 e. The molecular weight excluding hydrogens is 404 g/mol. The summed E-state index contributed by atoms with van der Waals surface area (Å²) in [5.41, 5.74) is 1.61. The van der Waals surface area contributed by atoms with Gasteiger partial charge in [0.05, 0.1) is 5.56 Å². The Morgan fingerprint density at radius 3 is 2.57 bits per heavy atom. The number of aromatic carboxylic acids is 1. The van der Waals surface area contributed by atoms with Gasteiger partial charge in [0.25, 0.3) is 0 Å². The van der Waals surface area contributed by atoms with E-state index in [1.807, 2.05) is 36.4 Å². The van der Waals surface area contributed by atoms with Gasteiger partial charge >= 0.3 is 5.97 Å². The Labute approximate surface area is 176 Å². The number of hydrogen-bond donors (Lipinski definition) is 3. The van der Waals surface area contributed by atoms with Crippen molar-refractivity contribution in [3.8, 4) is 0 Å². The molecule has 152 valence electrons. The number of thioether (sulfide) groups is 1.